The number of aromatic nitrogens is 2. The van der Waals surface area contributed by atoms with Crippen LogP contribution in [0.15, 0.2) is 46.9 Å². The van der Waals surface area contributed by atoms with Gasteiger partial charge in [0.05, 0.1) is 22.9 Å². The van der Waals surface area contributed by atoms with E-state index in [2.05, 4.69) is 51.1 Å². The Kier molecular flexibility index (Phi) is 11.3. The molecule has 0 radical (unpaired) electrons. The first-order valence-corrected chi connectivity index (χ1v) is 17.2. The minimum Gasteiger partial charge on any atom is -0.444 e. The highest BCUT2D eigenvalue weighted by Gasteiger charge is 2.23. The van der Waals surface area contributed by atoms with Gasteiger partial charge in [-0.1, -0.05) is 0 Å². The minimum absolute atomic E-state index is 0.0419. The summed E-state index contributed by atoms with van der Waals surface area (Å²) in [4.78, 5) is 32.0. The molecule has 3 heterocycles. The normalized spacial score (nSPS) is 13.6. The van der Waals surface area contributed by atoms with E-state index in [0.717, 1.165) is 0 Å². The summed E-state index contributed by atoms with van der Waals surface area (Å²) in [6.07, 6.45) is 1.35. The van der Waals surface area contributed by atoms with Crippen molar-refractivity contribution < 1.29 is 35.9 Å². The van der Waals surface area contributed by atoms with E-state index in [0.29, 0.717) is 0 Å². The second kappa shape index (κ2) is 14.6. The van der Waals surface area contributed by atoms with E-state index in [9.17, 15) is 26.4 Å². The van der Waals surface area contributed by atoms with E-state index in [-0.39, 0.29) is 47.5 Å². The predicted octanol–water partition coefficient (Wildman–Crippen LogP) is 1.23. The van der Waals surface area contributed by atoms with Crippen molar-refractivity contribution >= 4 is 55.3 Å². The summed E-state index contributed by atoms with van der Waals surface area (Å²) >= 11 is 0. The molecule has 3 rings (SSSR count). The van der Waals surface area contributed by atoms with Crippen molar-refractivity contribution in [2.24, 2.45) is 10.2 Å². The Morgan fingerprint density at radius 2 is 1.07 bits per heavy atom. The number of pyridine rings is 2. The van der Waals surface area contributed by atoms with Gasteiger partial charge < -0.3 is 20.1 Å². The van der Waals surface area contributed by atoms with E-state index in [1.54, 1.807) is 41.5 Å². The maximum Gasteiger partial charge on any atom is 0.407 e. The molecular formula is C26H38N10O8S2. The zero-order chi connectivity index (χ0) is 34.2. The highest BCUT2D eigenvalue weighted by molar-refractivity contribution is 7.93. The smallest absolute Gasteiger partial charge is 0.407 e. The largest absolute Gasteiger partial charge is 0.444 e. The molecule has 0 atom stereocenters. The second-order valence-electron chi connectivity index (χ2n) is 11.6. The number of amidine groups is 2. The van der Waals surface area contributed by atoms with E-state index < -0.39 is 54.9 Å². The molecule has 0 saturated carbocycles. The number of ether oxygens (including phenoxy) is 2. The van der Waals surface area contributed by atoms with Crippen LogP contribution in [0, 0.1) is 0 Å². The highest BCUT2D eigenvalue weighted by atomic mass is 32.2. The molecule has 2 aromatic heterocycles. The Bertz CT molecular complexity index is 1570. The summed E-state index contributed by atoms with van der Waals surface area (Å²) in [5.74, 6) is -0.812. The maximum absolute atomic E-state index is 12.7. The van der Waals surface area contributed by atoms with Crippen LogP contribution in [0.4, 0.5) is 21.0 Å². The number of carbonyl (C=O) groups is 2. The number of hydrogen-bond acceptors (Lipinski definition) is 14. The zero-order valence-corrected chi connectivity index (χ0v) is 27.8. The fourth-order valence-electron chi connectivity index (χ4n) is 3.47. The topological polar surface area (TPSA) is 244 Å². The monoisotopic (exact) mass is 682 g/mol. The van der Waals surface area contributed by atoms with E-state index in [4.69, 9.17) is 9.47 Å². The van der Waals surface area contributed by atoms with Gasteiger partial charge in [-0.3, -0.25) is 30.3 Å². The number of anilines is 2. The molecule has 0 bridgehead atoms. The molecule has 0 aliphatic carbocycles. The summed E-state index contributed by atoms with van der Waals surface area (Å²) in [5.41, 5.74) is 4.43. The Morgan fingerprint density at radius 1 is 0.696 bits per heavy atom. The van der Waals surface area contributed by atoms with Crippen LogP contribution in [0.1, 0.15) is 52.9 Å². The zero-order valence-electron chi connectivity index (χ0n) is 26.2. The van der Waals surface area contributed by atoms with Crippen molar-refractivity contribution in [1.82, 2.24) is 31.5 Å². The number of nitrogens with one attached hydrogen (secondary N) is 6. The lowest BCUT2D eigenvalue weighted by molar-refractivity contribution is 0.0519. The van der Waals surface area contributed by atoms with Gasteiger partial charge in [0, 0.05) is 25.5 Å². The molecule has 1 aliphatic heterocycles. The van der Waals surface area contributed by atoms with Crippen molar-refractivity contribution in [3.05, 3.63) is 48.0 Å². The van der Waals surface area contributed by atoms with Crippen LogP contribution in [-0.4, -0.2) is 86.5 Å². The van der Waals surface area contributed by atoms with Crippen LogP contribution in [0.2, 0.25) is 0 Å². The Morgan fingerprint density at radius 3 is 1.39 bits per heavy atom. The van der Waals surface area contributed by atoms with Crippen molar-refractivity contribution in [3.8, 4) is 0 Å². The van der Waals surface area contributed by atoms with E-state index >= 15 is 0 Å². The van der Waals surface area contributed by atoms with Gasteiger partial charge in [0.15, 0.2) is 11.7 Å². The molecule has 0 unspecified atom stereocenters. The molecule has 18 nitrogen and oxygen atoms in total. The molecule has 0 fully saturated rings. The third-order valence-corrected chi connectivity index (χ3v) is 7.77. The van der Waals surface area contributed by atoms with Crippen LogP contribution < -0.4 is 30.9 Å². The lowest BCUT2D eigenvalue weighted by Crippen LogP contribution is -2.46. The number of sulfonamides is 2. The van der Waals surface area contributed by atoms with Gasteiger partial charge in [-0.25, -0.2) is 26.4 Å². The van der Waals surface area contributed by atoms with Gasteiger partial charge in [-0.05, 0) is 65.8 Å². The van der Waals surface area contributed by atoms with Crippen LogP contribution in [0.3, 0.4) is 0 Å². The molecule has 2 aromatic rings. The lowest BCUT2D eigenvalue weighted by Gasteiger charge is -2.20. The molecule has 2 amide bonds. The molecule has 252 valence electrons. The molecule has 20 heteroatoms. The van der Waals surface area contributed by atoms with Crippen molar-refractivity contribution in [3.63, 3.8) is 0 Å². The highest BCUT2D eigenvalue weighted by Crippen LogP contribution is 2.18. The van der Waals surface area contributed by atoms with Crippen LogP contribution in [-0.2, 0) is 29.5 Å². The van der Waals surface area contributed by atoms with Crippen LogP contribution in [0.5, 0.6) is 0 Å². The fourth-order valence-corrected chi connectivity index (χ4v) is 5.42. The third kappa shape index (κ3) is 12.0. The first-order valence-electron chi connectivity index (χ1n) is 13.9. The molecule has 0 saturated heterocycles. The van der Waals surface area contributed by atoms with Gasteiger partial charge in [0.2, 0.25) is 20.0 Å². The molecule has 46 heavy (non-hydrogen) atoms. The number of carbonyl (C=O) groups excluding carboxylic acids is 2. The Balaban J connectivity index is 1.69. The quantitative estimate of drug-likeness (QED) is 0.185. The Labute approximate surface area is 267 Å². The van der Waals surface area contributed by atoms with Crippen LogP contribution in [0.25, 0.3) is 0 Å². The summed E-state index contributed by atoms with van der Waals surface area (Å²) in [6.45, 7) is 9.71. The van der Waals surface area contributed by atoms with Crippen molar-refractivity contribution in [1.29, 1.82) is 0 Å². The average molecular weight is 683 g/mol. The molecule has 0 spiro atoms. The maximum atomic E-state index is 12.7. The number of nitrogens with zero attached hydrogens (tertiary/aromatic N) is 4. The van der Waals surface area contributed by atoms with E-state index in [1.165, 1.54) is 36.7 Å². The molecule has 1 aliphatic rings. The summed E-state index contributed by atoms with van der Waals surface area (Å²) in [7, 11) is -7.87. The van der Waals surface area contributed by atoms with Gasteiger partial charge in [-0.15, -0.1) is 10.2 Å². The summed E-state index contributed by atoms with van der Waals surface area (Å²) in [5, 5.41) is 12.9. The number of amides is 2. The van der Waals surface area contributed by atoms with Gasteiger partial charge in [0.25, 0.3) is 0 Å². The van der Waals surface area contributed by atoms with Gasteiger partial charge >= 0.3 is 12.2 Å². The van der Waals surface area contributed by atoms with Crippen LogP contribution >= 0.6 is 0 Å². The second-order valence-corrected chi connectivity index (χ2v) is 15.3. The lowest BCUT2D eigenvalue weighted by atomic mass is 10.2. The summed E-state index contributed by atoms with van der Waals surface area (Å²) < 4.78 is 65.9. The predicted molar refractivity (Wildman–Crippen MR) is 171 cm³/mol. The molecule has 6 N–H and O–H groups in total. The first-order chi connectivity index (χ1) is 21.3. The van der Waals surface area contributed by atoms with Gasteiger partial charge in [0.1, 0.15) is 22.6 Å². The minimum atomic E-state index is -3.94. The van der Waals surface area contributed by atoms with Gasteiger partial charge in [-0.2, -0.15) is 0 Å². The number of hydrogen-bond donors (Lipinski definition) is 6. The van der Waals surface area contributed by atoms with Crippen molar-refractivity contribution in [2.75, 3.05) is 34.0 Å². The molecular weight excluding hydrogens is 644 g/mol. The number of rotatable bonds is 12. The number of hydrazine groups is 1. The summed E-state index contributed by atoms with van der Waals surface area (Å²) in [6, 6.07) is 5.96. The fraction of sp³-hybridized carbons (Fsp3) is 0.462. The SMILES string of the molecule is CC(C)(C)OC(=O)NCCS(=O)(=O)Nc1cccnc1C1=NN=C(c2ncccc2NS(=O)(=O)CCNC(=O)OC(C)(C)C)NN1. The number of alkyl carbamates (subject to hydrolysis) is 2. The third-order valence-electron chi connectivity index (χ3n) is 5.22. The first kappa shape index (κ1) is 35.8. The molecule has 0 aromatic carbocycles. The standard InChI is InChI=1S/C26H38N10O8S2/c1-25(2,3)43-23(37)29-13-15-45(39,40)35-17-9-7-11-27-19(17)21-31-33-22(34-32-21)20-18(10-8-12-28-20)36-46(41,42)16-14-30-24(38)44-26(4,5)6/h7-12,35-36H,13-16H2,1-6H3,(H,29,37)(H,30,38)(H,31,32)(H,33,34). The Hall–Kier alpha value is -4.72. The van der Waals surface area contributed by atoms with E-state index in [1.807, 2.05) is 0 Å². The van der Waals surface area contributed by atoms with Crippen molar-refractivity contribution in [2.45, 2.75) is 52.7 Å². The average Bonchev–Trinajstić information content (AvgIpc) is 2.91.